The van der Waals surface area contributed by atoms with Crippen LogP contribution < -0.4 is 10.6 Å². The molecule has 0 bridgehead atoms. The number of nitrogens with one attached hydrogen (secondary N) is 2. The minimum atomic E-state index is 0.528. The van der Waals surface area contributed by atoms with Crippen LogP contribution in [0.1, 0.15) is 16.8 Å². The van der Waals surface area contributed by atoms with Gasteiger partial charge in [-0.3, -0.25) is 0 Å². The van der Waals surface area contributed by atoms with E-state index in [0.29, 0.717) is 11.1 Å². The summed E-state index contributed by atoms with van der Waals surface area (Å²) in [6.07, 6.45) is 0. The lowest BCUT2D eigenvalue weighted by molar-refractivity contribution is 0.758. The fraction of sp³-hybridized carbons (Fsp3) is 0.231. The molecule has 0 amide bonds. The van der Waals surface area contributed by atoms with Gasteiger partial charge in [-0.15, -0.1) is 0 Å². The van der Waals surface area contributed by atoms with E-state index in [2.05, 4.69) is 20.6 Å². The standard InChI is InChI=1S/C13H13ClN4/c1-8-3-2-4-9(5-8)16-13-17-11-7-15-6-10(11)12(14)18-13/h2-5,15H,6-7H2,1H3,(H,16,17,18). The molecule has 0 saturated heterocycles. The van der Waals surface area contributed by atoms with Crippen molar-refractivity contribution in [2.24, 2.45) is 0 Å². The van der Waals surface area contributed by atoms with Crippen molar-refractivity contribution in [2.75, 3.05) is 5.32 Å². The smallest absolute Gasteiger partial charge is 0.228 e. The maximum absolute atomic E-state index is 6.14. The molecule has 1 aliphatic heterocycles. The van der Waals surface area contributed by atoms with E-state index in [-0.39, 0.29) is 0 Å². The van der Waals surface area contributed by atoms with Crippen LogP contribution in [0.3, 0.4) is 0 Å². The van der Waals surface area contributed by atoms with E-state index in [0.717, 1.165) is 30.0 Å². The first-order chi connectivity index (χ1) is 8.72. The molecule has 2 aromatic rings. The number of hydrogen-bond acceptors (Lipinski definition) is 4. The summed E-state index contributed by atoms with van der Waals surface area (Å²) in [5.41, 5.74) is 4.14. The number of halogens is 1. The largest absolute Gasteiger partial charge is 0.324 e. The van der Waals surface area contributed by atoms with Crippen LogP contribution in [0, 0.1) is 6.92 Å². The van der Waals surface area contributed by atoms with Gasteiger partial charge in [-0.2, -0.15) is 0 Å². The average molecular weight is 261 g/mol. The van der Waals surface area contributed by atoms with Crippen LogP contribution in [-0.2, 0) is 13.1 Å². The van der Waals surface area contributed by atoms with Crippen molar-refractivity contribution in [3.63, 3.8) is 0 Å². The summed E-state index contributed by atoms with van der Waals surface area (Å²) < 4.78 is 0. The van der Waals surface area contributed by atoms with E-state index in [9.17, 15) is 0 Å². The lowest BCUT2D eigenvalue weighted by Gasteiger charge is -2.08. The monoisotopic (exact) mass is 260 g/mol. The fourth-order valence-corrected chi connectivity index (χ4v) is 2.29. The van der Waals surface area contributed by atoms with Gasteiger partial charge in [0.15, 0.2) is 0 Å². The fourth-order valence-electron chi connectivity index (χ4n) is 2.03. The normalized spacial score (nSPS) is 13.4. The molecular weight excluding hydrogens is 248 g/mol. The first kappa shape index (κ1) is 11.4. The molecule has 5 heteroatoms. The van der Waals surface area contributed by atoms with Crippen LogP contribution in [0.15, 0.2) is 24.3 Å². The lowest BCUT2D eigenvalue weighted by atomic mass is 10.2. The van der Waals surface area contributed by atoms with Crippen LogP contribution in [0.2, 0.25) is 5.15 Å². The predicted octanol–water partition coefficient (Wildman–Crippen LogP) is 2.79. The van der Waals surface area contributed by atoms with Gasteiger partial charge >= 0.3 is 0 Å². The molecule has 0 aliphatic carbocycles. The molecule has 1 aromatic carbocycles. The second-order valence-corrected chi connectivity index (χ2v) is 4.72. The minimum absolute atomic E-state index is 0.528. The molecule has 0 radical (unpaired) electrons. The summed E-state index contributed by atoms with van der Waals surface area (Å²) in [5, 5.41) is 6.92. The summed E-state index contributed by atoms with van der Waals surface area (Å²) in [5.74, 6) is 0.549. The highest BCUT2D eigenvalue weighted by molar-refractivity contribution is 6.30. The molecule has 0 atom stereocenters. The third-order valence-electron chi connectivity index (χ3n) is 2.91. The number of aryl methyl sites for hydroxylation is 1. The molecule has 4 nitrogen and oxygen atoms in total. The van der Waals surface area contributed by atoms with Gasteiger partial charge in [0.05, 0.1) is 5.69 Å². The molecule has 3 rings (SSSR count). The first-order valence-electron chi connectivity index (χ1n) is 5.82. The maximum atomic E-state index is 6.14. The molecule has 1 aromatic heterocycles. The van der Waals surface area contributed by atoms with Gasteiger partial charge in [-0.25, -0.2) is 9.97 Å². The van der Waals surface area contributed by atoms with Gasteiger partial charge in [0.25, 0.3) is 0 Å². The zero-order valence-electron chi connectivity index (χ0n) is 10.00. The molecule has 18 heavy (non-hydrogen) atoms. The Hall–Kier alpha value is -1.65. The minimum Gasteiger partial charge on any atom is -0.324 e. The van der Waals surface area contributed by atoms with Crippen molar-refractivity contribution in [2.45, 2.75) is 20.0 Å². The highest BCUT2D eigenvalue weighted by atomic mass is 35.5. The molecule has 2 N–H and O–H groups in total. The SMILES string of the molecule is Cc1cccc(Nc2nc(Cl)c3c(n2)CNC3)c1. The van der Waals surface area contributed by atoms with E-state index >= 15 is 0 Å². The van der Waals surface area contributed by atoms with E-state index in [1.165, 1.54) is 5.56 Å². The van der Waals surface area contributed by atoms with Crippen molar-refractivity contribution in [1.29, 1.82) is 0 Å². The van der Waals surface area contributed by atoms with Gasteiger partial charge in [0.2, 0.25) is 5.95 Å². The summed E-state index contributed by atoms with van der Waals surface area (Å²) in [7, 11) is 0. The molecule has 0 fully saturated rings. The predicted molar refractivity (Wildman–Crippen MR) is 72.0 cm³/mol. The topological polar surface area (TPSA) is 49.8 Å². The Morgan fingerprint density at radius 2 is 2.17 bits per heavy atom. The first-order valence-corrected chi connectivity index (χ1v) is 6.20. The highest BCUT2D eigenvalue weighted by Gasteiger charge is 2.17. The zero-order valence-corrected chi connectivity index (χ0v) is 10.8. The third kappa shape index (κ3) is 2.17. The molecule has 0 unspecified atom stereocenters. The van der Waals surface area contributed by atoms with Crippen LogP contribution in [0.5, 0.6) is 0 Å². The molecule has 0 spiro atoms. The Morgan fingerprint density at radius 1 is 1.28 bits per heavy atom. The molecule has 0 saturated carbocycles. The van der Waals surface area contributed by atoms with Crippen LogP contribution in [0.25, 0.3) is 0 Å². The Balaban J connectivity index is 1.92. The number of benzene rings is 1. The Labute approximate surface area is 110 Å². The third-order valence-corrected chi connectivity index (χ3v) is 3.22. The Morgan fingerprint density at radius 3 is 3.00 bits per heavy atom. The quantitative estimate of drug-likeness (QED) is 0.816. The van der Waals surface area contributed by atoms with Crippen molar-refractivity contribution < 1.29 is 0 Å². The van der Waals surface area contributed by atoms with E-state index in [1.54, 1.807) is 0 Å². The van der Waals surface area contributed by atoms with Gasteiger partial charge in [-0.1, -0.05) is 23.7 Å². The number of hydrogen-bond donors (Lipinski definition) is 2. The van der Waals surface area contributed by atoms with Gasteiger partial charge in [0, 0.05) is 24.3 Å². The Bertz CT molecular complexity index is 598. The van der Waals surface area contributed by atoms with Crippen LogP contribution in [-0.4, -0.2) is 9.97 Å². The van der Waals surface area contributed by atoms with Gasteiger partial charge in [0.1, 0.15) is 5.15 Å². The van der Waals surface area contributed by atoms with Crippen LogP contribution in [0.4, 0.5) is 11.6 Å². The lowest BCUT2D eigenvalue weighted by Crippen LogP contribution is -2.02. The summed E-state index contributed by atoms with van der Waals surface area (Å²) in [6.45, 7) is 3.55. The van der Waals surface area contributed by atoms with Crippen molar-refractivity contribution >= 4 is 23.2 Å². The highest BCUT2D eigenvalue weighted by Crippen LogP contribution is 2.24. The summed E-state index contributed by atoms with van der Waals surface area (Å²) in [4.78, 5) is 8.74. The van der Waals surface area contributed by atoms with Crippen LogP contribution >= 0.6 is 11.6 Å². The van der Waals surface area contributed by atoms with Crippen molar-refractivity contribution in [3.8, 4) is 0 Å². The van der Waals surface area contributed by atoms with Crippen molar-refractivity contribution in [1.82, 2.24) is 15.3 Å². The number of nitrogens with zero attached hydrogens (tertiary/aromatic N) is 2. The molecule has 1 aliphatic rings. The second-order valence-electron chi connectivity index (χ2n) is 4.36. The maximum Gasteiger partial charge on any atom is 0.228 e. The van der Waals surface area contributed by atoms with E-state index in [1.807, 2.05) is 31.2 Å². The molecule has 2 heterocycles. The van der Waals surface area contributed by atoms with E-state index < -0.39 is 0 Å². The molecular formula is C13H13ClN4. The number of rotatable bonds is 2. The summed E-state index contributed by atoms with van der Waals surface area (Å²) >= 11 is 6.14. The Kier molecular flexibility index (Phi) is 2.89. The second kappa shape index (κ2) is 4.55. The molecule has 92 valence electrons. The number of anilines is 2. The van der Waals surface area contributed by atoms with Gasteiger partial charge < -0.3 is 10.6 Å². The summed E-state index contributed by atoms with van der Waals surface area (Å²) in [6, 6.07) is 8.07. The number of fused-ring (bicyclic) bond motifs is 1. The zero-order chi connectivity index (χ0) is 12.5. The van der Waals surface area contributed by atoms with Gasteiger partial charge in [-0.05, 0) is 24.6 Å². The van der Waals surface area contributed by atoms with E-state index in [4.69, 9.17) is 11.6 Å². The number of aromatic nitrogens is 2. The van der Waals surface area contributed by atoms with Crippen molar-refractivity contribution in [3.05, 3.63) is 46.2 Å². The average Bonchev–Trinajstić information content (AvgIpc) is 2.77.